The monoisotopic (exact) mass is 484 g/mol. The summed E-state index contributed by atoms with van der Waals surface area (Å²) in [5.41, 5.74) is 1.00. The fraction of sp³-hybridized carbons (Fsp3) is 0.409. The van der Waals surface area contributed by atoms with Gasteiger partial charge in [-0.05, 0) is 55.2 Å². The molecule has 1 heterocycles. The minimum absolute atomic E-state index is 0.0540. The quantitative estimate of drug-likeness (QED) is 0.621. The second-order valence-corrected chi connectivity index (χ2v) is 9.83. The number of hydrogen-bond donors (Lipinski definition) is 1. The SMILES string of the molecule is COc1ccc(CCNC(=O)C2CCN(S(=O)(=O)c3ccc(F)c(Cl)c3)CC2)cc1OC. The number of carbonyl (C=O) groups excluding carboxylic acids is 1. The van der Waals surface area contributed by atoms with Crippen molar-refractivity contribution in [1.29, 1.82) is 0 Å². The van der Waals surface area contributed by atoms with Crippen LogP contribution in [0.3, 0.4) is 0 Å². The van der Waals surface area contributed by atoms with Gasteiger partial charge in [-0.15, -0.1) is 0 Å². The van der Waals surface area contributed by atoms with E-state index in [1.54, 1.807) is 14.2 Å². The van der Waals surface area contributed by atoms with E-state index in [9.17, 15) is 17.6 Å². The summed E-state index contributed by atoms with van der Waals surface area (Å²) < 4.78 is 50.7. The number of nitrogens with zero attached hydrogens (tertiary/aromatic N) is 1. The third-order valence-corrected chi connectivity index (χ3v) is 7.70. The van der Waals surface area contributed by atoms with Crippen molar-refractivity contribution in [2.24, 2.45) is 5.92 Å². The number of halogens is 2. The van der Waals surface area contributed by atoms with Gasteiger partial charge >= 0.3 is 0 Å². The summed E-state index contributed by atoms with van der Waals surface area (Å²) in [5, 5.41) is 2.69. The van der Waals surface area contributed by atoms with E-state index < -0.39 is 15.8 Å². The number of carbonyl (C=O) groups is 1. The van der Waals surface area contributed by atoms with Crippen molar-refractivity contribution >= 4 is 27.5 Å². The van der Waals surface area contributed by atoms with Crippen LogP contribution >= 0.6 is 11.6 Å². The average molecular weight is 485 g/mol. The molecule has 0 spiro atoms. The lowest BCUT2D eigenvalue weighted by molar-refractivity contribution is -0.126. The van der Waals surface area contributed by atoms with Gasteiger partial charge in [0.25, 0.3) is 0 Å². The maximum atomic E-state index is 13.4. The molecular formula is C22H26ClFN2O5S. The van der Waals surface area contributed by atoms with Gasteiger partial charge in [-0.1, -0.05) is 17.7 Å². The summed E-state index contributed by atoms with van der Waals surface area (Å²) in [6.07, 6.45) is 1.46. The molecule has 2 aromatic rings. The molecule has 3 rings (SSSR count). The second-order valence-electron chi connectivity index (χ2n) is 7.48. The van der Waals surface area contributed by atoms with Crippen LogP contribution in [0.2, 0.25) is 5.02 Å². The molecule has 10 heteroatoms. The van der Waals surface area contributed by atoms with E-state index in [0.29, 0.717) is 37.3 Å². The van der Waals surface area contributed by atoms with Gasteiger partial charge in [0, 0.05) is 25.6 Å². The van der Waals surface area contributed by atoms with Gasteiger partial charge in [0.15, 0.2) is 11.5 Å². The number of piperidine rings is 1. The molecule has 1 saturated heterocycles. The Morgan fingerprint density at radius 1 is 1.12 bits per heavy atom. The van der Waals surface area contributed by atoms with Crippen LogP contribution in [0.5, 0.6) is 11.5 Å². The first-order chi connectivity index (χ1) is 15.3. The van der Waals surface area contributed by atoms with E-state index in [-0.39, 0.29) is 34.8 Å². The first kappa shape index (κ1) is 24.3. The Labute approximate surface area is 192 Å². The lowest BCUT2D eigenvalue weighted by Crippen LogP contribution is -2.43. The molecule has 1 N–H and O–H groups in total. The molecule has 1 aliphatic heterocycles. The molecule has 0 aromatic heterocycles. The number of hydrogen-bond acceptors (Lipinski definition) is 5. The largest absolute Gasteiger partial charge is 0.493 e. The summed E-state index contributed by atoms with van der Waals surface area (Å²) in [6, 6.07) is 8.95. The number of methoxy groups -OCH3 is 2. The topological polar surface area (TPSA) is 84.9 Å². The van der Waals surface area contributed by atoms with Crippen molar-refractivity contribution < 1.29 is 27.1 Å². The fourth-order valence-electron chi connectivity index (χ4n) is 3.66. The van der Waals surface area contributed by atoms with Gasteiger partial charge in [-0.3, -0.25) is 4.79 Å². The highest BCUT2D eigenvalue weighted by atomic mass is 35.5. The van der Waals surface area contributed by atoms with Crippen molar-refractivity contribution in [2.45, 2.75) is 24.2 Å². The smallest absolute Gasteiger partial charge is 0.243 e. The minimum atomic E-state index is -3.79. The first-order valence-corrected chi connectivity index (χ1v) is 12.0. The van der Waals surface area contributed by atoms with Crippen LogP contribution in [-0.4, -0.2) is 52.5 Å². The summed E-state index contributed by atoms with van der Waals surface area (Å²) in [7, 11) is -0.645. The van der Waals surface area contributed by atoms with E-state index in [2.05, 4.69) is 5.32 Å². The number of rotatable bonds is 8. The normalized spacial score (nSPS) is 15.4. The van der Waals surface area contributed by atoms with Crippen LogP contribution in [0, 0.1) is 11.7 Å². The van der Waals surface area contributed by atoms with E-state index in [4.69, 9.17) is 21.1 Å². The molecule has 0 bridgehead atoms. The fourth-order valence-corrected chi connectivity index (χ4v) is 5.40. The van der Waals surface area contributed by atoms with Gasteiger partial charge in [-0.25, -0.2) is 12.8 Å². The molecule has 0 radical (unpaired) electrons. The Hall–Kier alpha value is -2.36. The zero-order chi connectivity index (χ0) is 23.3. The summed E-state index contributed by atoms with van der Waals surface area (Å²) in [4.78, 5) is 12.5. The highest BCUT2D eigenvalue weighted by Crippen LogP contribution is 2.28. The predicted octanol–water partition coefficient (Wildman–Crippen LogP) is 3.26. The number of benzene rings is 2. The average Bonchev–Trinajstić information content (AvgIpc) is 2.80. The molecule has 174 valence electrons. The Morgan fingerprint density at radius 2 is 1.81 bits per heavy atom. The number of sulfonamides is 1. The minimum Gasteiger partial charge on any atom is -0.493 e. The molecule has 1 fully saturated rings. The molecular weight excluding hydrogens is 459 g/mol. The molecule has 32 heavy (non-hydrogen) atoms. The van der Waals surface area contributed by atoms with Crippen molar-refractivity contribution in [1.82, 2.24) is 9.62 Å². The number of amides is 1. The highest BCUT2D eigenvalue weighted by molar-refractivity contribution is 7.89. The third-order valence-electron chi connectivity index (χ3n) is 5.51. The first-order valence-electron chi connectivity index (χ1n) is 10.2. The Kier molecular flexibility index (Phi) is 7.97. The van der Waals surface area contributed by atoms with Gasteiger partial charge in [-0.2, -0.15) is 4.31 Å². The van der Waals surface area contributed by atoms with Crippen LogP contribution < -0.4 is 14.8 Å². The number of nitrogens with one attached hydrogen (secondary N) is 1. The van der Waals surface area contributed by atoms with Gasteiger partial charge < -0.3 is 14.8 Å². The molecule has 1 amide bonds. The van der Waals surface area contributed by atoms with Crippen molar-refractivity contribution in [3.05, 3.63) is 52.8 Å². The Balaban J connectivity index is 1.50. The summed E-state index contributed by atoms with van der Waals surface area (Å²) in [5.74, 6) is 0.252. The Morgan fingerprint density at radius 3 is 2.44 bits per heavy atom. The van der Waals surface area contributed by atoms with E-state index in [0.717, 1.165) is 17.7 Å². The molecule has 0 unspecified atom stereocenters. The zero-order valence-corrected chi connectivity index (χ0v) is 19.5. The van der Waals surface area contributed by atoms with Crippen LogP contribution in [0.4, 0.5) is 4.39 Å². The molecule has 0 saturated carbocycles. The van der Waals surface area contributed by atoms with Crippen molar-refractivity contribution in [3.63, 3.8) is 0 Å². The highest BCUT2D eigenvalue weighted by Gasteiger charge is 2.32. The van der Waals surface area contributed by atoms with Gasteiger partial charge in [0.2, 0.25) is 15.9 Å². The summed E-state index contributed by atoms with van der Waals surface area (Å²) >= 11 is 5.72. The van der Waals surface area contributed by atoms with Gasteiger partial charge in [0.05, 0.1) is 24.1 Å². The molecule has 0 atom stereocenters. The lowest BCUT2D eigenvalue weighted by Gasteiger charge is -2.30. The number of ether oxygens (including phenoxy) is 2. The Bertz CT molecular complexity index is 1070. The van der Waals surface area contributed by atoms with E-state index in [1.807, 2.05) is 18.2 Å². The van der Waals surface area contributed by atoms with Gasteiger partial charge in [0.1, 0.15) is 5.82 Å². The second kappa shape index (κ2) is 10.5. The maximum absolute atomic E-state index is 13.4. The van der Waals surface area contributed by atoms with Crippen LogP contribution in [0.25, 0.3) is 0 Å². The van der Waals surface area contributed by atoms with Crippen molar-refractivity contribution in [2.75, 3.05) is 33.9 Å². The molecule has 0 aliphatic carbocycles. The summed E-state index contributed by atoms with van der Waals surface area (Å²) in [6.45, 7) is 0.886. The molecule has 7 nitrogen and oxygen atoms in total. The van der Waals surface area contributed by atoms with Crippen LogP contribution in [0.15, 0.2) is 41.3 Å². The standard InChI is InChI=1S/C22H26ClFN2O5S/c1-30-20-6-3-15(13-21(20)31-2)7-10-25-22(27)16-8-11-26(12-9-16)32(28,29)17-4-5-19(24)18(23)14-17/h3-6,13-14,16H,7-12H2,1-2H3,(H,25,27). The predicted molar refractivity (Wildman–Crippen MR) is 119 cm³/mol. The van der Waals surface area contributed by atoms with Crippen LogP contribution in [0.1, 0.15) is 18.4 Å². The zero-order valence-electron chi connectivity index (χ0n) is 17.9. The lowest BCUT2D eigenvalue weighted by atomic mass is 9.97. The third kappa shape index (κ3) is 5.51. The van der Waals surface area contributed by atoms with E-state index >= 15 is 0 Å². The van der Waals surface area contributed by atoms with Crippen LogP contribution in [-0.2, 0) is 21.2 Å². The maximum Gasteiger partial charge on any atom is 0.243 e. The van der Waals surface area contributed by atoms with E-state index in [1.165, 1.54) is 10.4 Å². The molecule has 1 aliphatic rings. The van der Waals surface area contributed by atoms with Crippen molar-refractivity contribution in [3.8, 4) is 11.5 Å². The molecule has 2 aromatic carbocycles.